The van der Waals surface area contributed by atoms with Gasteiger partial charge in [-0.25, -0.2) is 0 Å². The number of ether oxygens (including phenoxy) is 1. The molecule has 1 aromatic heterocycles. The Kier molecular flexibility index (Phi) is 5.90. The van der Waals surface area contributed by atoms with Crippen LogP contribution in [0.15, 0.2) is 46.9 Å². The van der Waals surface area contributed by atoms with Crippen molar-refractivity contribution in [3.8, 4) is 16.9 Å². The maximum Gasteiger partial charge on any atom is 0.135 e. The molecule has 1 N–H and O–H groups in total. The number of likely N-dealkylation sites (N-methyl/N-ethyl adjacent to an activating group) is 1. The van der Waals surface area contributed by atoms with Gasteiger partial charge in [0.25, 0.3) is 0 Å². The van der Waals surface area contributed by atoms with Gasteiger partial charge in [0, 0.05) is 55.3 Å². The number of aliphatic hydroxyl groups is 1. The average molecular weight is 395 g/mol. The normalized spacial score (nSPS) is 18.4. The quantitative estimate of drug-likeness (QED) is 0.687. The molecule has 154 valence electrons. The molecule has 5 nitrogen and oxygen atoms in total. The Balaban J connectivity index is 1.66. The van der Waals surface area contributed by atoms with E-state index in [1.807, 2.05) is 13.0 Å². The van der Waals surface area contributed by atoms with Crippen molar-refractivity contribution in [3.63, 3.8) is 0 Å². The van der Waals surface area contributed by atoms with E-state index in [2.05, 4.69) is 53.2 Å². The minimum atomic E-state index is 0.228. The molecule has 0 bridgehead atoms. The first-order valence-corrected chi connectivity index (χ1v) is 10.3. The SMILES string of the molecule is COc1cc2c(-c3ccccc3)c(C)oc2cc1CN1CCN(C)C(CCO)C1. The molecule has 3 aromatic rings. The van der Waals surface area contributed by atoms with Gasteiger partial charge in [0.05, 0.1) is 7.11 Å². The summed E-state index contributed by atoms with van der Waals surface area (Å²) in [5.41, 5.74) is 4.33. The van der Waals surface area contributed by atoms with E-state index >= 15 is 0 Å². The molecule has 0 radical (unpaired) electrons. The van der Waals surface area contributed by atoms with Crippen molar-refractivity contribution < 1.29 is 14.3 Å². The first kappa shape index (κ1) is 20.0. The van der Waals surface area contributed by atoms with Crippen molar-refractivity contribution in [3.05, 3.63) is 53.8 Å². The average Bonchev–Trinajstić information content (AvgIpc) is 3.05. The highest BCUT2D eigenvalue weighted by Crippen LogP contribution is 2.38. The first-order valence-electron chi connectivity index (χ1n) is 10.3. The van der Waals surface area contributed by atoms with Crippen LogP contribution in [0.1, 0.15) is 17.7 Å². The van der Waals surface area contributed by atoms with Crippen LogP contribution in [-0.2, 0) is 6.54 Å². The van der Waals surface area contributed by atoms with Gasteiger partial charge in [-0.3, -0.25) is 4.90 Å². The lowest BCUT2D eigenvalue weighted by Gasteiger charge is -2.39. The van der Waals surface area contributed by atoms with Gasteiger partial charge in [0.15, 0.2) is 0 Å². The summed E-state index contributed by atoms with van der Waals surface area (Å²) < 4.78 is 11.9. The van der Waals surface area contributed by atoms with E-state index in [1.165, 1.54) is 0 Å². The number of hydrogen-bond acceptors (Lipinski definition) is 5. The second-order valence-electron chi connectivity index (χ2n) is 7.94. The Morgan fingerprint density at radius 2 is 1.97 bits per heavy atom. The van der Waals surface area contributed by atoms with E-state index in [1.54, 1.807) is 7.11 Å². The summed E-state index contributed by atoms with van der Waals surface area (Å²) in [5.74, 6) is 1.82. The van der Waals surface area contributed by atoms with Gasteiger partial charge in [-0.2, -0.15) is 0 Å². The minimum Gasteiger partial charge on any atom is -0.496 e. The number of nitrogens with zero attached hydrogens (tertiary/aromatic N) is 2. The van der Waals surface area contributed by atoms with Crippen LogP contribution >= 0.6 is 0 Å². The molecule has 4 rings (SSSR count). The zero-order valence-corrected chi connectivity index (χ0v) is 17.5. The largest absolute Gasteiger partial charge is 0.496 e. The minimum absolute atomic E-state index is 0.228. The molecule has 1 unspecified atom stereocenters. The second kappa shape index (κ2) is 8.57. The molecule has 1 aliphatic rings. The molecular weight excluding hydrogens is 364 g/mol. The zero-order chi connectivity index (χ0) is 20.4. The number of rotatable bonds is 6. The van der Waals surface area contributed by atoms with Crippen LogP contribution in [0.5, 0.6) is 5.75 Å². The van der Waals surface area contributed by atoms with Gasteiger partial charge in [-0.05, 0) is 38.1 Å². The van der Waals surface area contributed by atoms with Crippen LogP contribution in [0.25, 0.3) is 22.1 Å². The summed E-state index contributed by atoms with van der Waals surface area (Å²) in [7, 11) is 3.87. The van der Waals surface area contributed by atoms with Gasteiger partial charge in [-0.15, -0.1) is 0 Å². The van der Waals surface area contributed by atoms with Gasteiger partial charge in [0.1, 0.15) is 17.1 Å². The molecule has 0 amide bonds. The second-order valence-corrected chi connectivity index (χ2v) is 7.94. The maximum atomic E-state index is 9.36. The number of piperazine rings is 1. The molecular formula is C24H30N2O3. The van der Waals surface area contributed by atoms with Gasteiger partial charge >= 0.3 is 0 Å². The molecule has 1 fully saturated rings. The molecule has 1 saturated heterocycles. The van der Waals surface area contributed by atoms with E-state index < -0.39 is 0 Å². The van der Waals surface area contributed by atoms with E-state index in [9.17, 15) is 5.11 Å². The van der Waals surface area contributed by atoms with Crippen LogP contribution in [0, 0.1) is 6.92 Å². The lowest BCUT2D eigenvalue weighted by atomic mass is 10.0. The molecule has 0 spiro atoms. The first-order chi connectivity index (χ1) is 14.1. The lowest BCUT2D eigenvalue weighted by molar-refractivity contribution is 0.0738. The van der Waals surface area contributed by atoms with Crippen molar-refractivity contribution in [1.29, 1.82) is 0 Å². The topological polar surface area (TPSA) is 49.1 Å². The predicted molar refractivity (Wildman–Crippen MR) is 116 cm³/mol. The van der Waals surface area contributed by atoms with Crippen LogP contribution in [0.2, 0.25) is 0 Å². The van der Waals surface area contributed by atoms with Crippen molar-refractivity contribution in [1.82, 2.24) is 9.80 Å². The monoisotopic (exact) mass is 394 g/mol. The van der Waals surface area contributed by atoms with Crippen LogP contribution in [0.4, 0.5) is 0 Å². The smallest absolute Gasteiger partial charge is 0.135 e. The lowest BCUT2D eigenvalue weighted by Crippen LogP contribution is -2.51. The zero-order valence-electron chi connectivity index (χ0n) is 17.5. The van der Waals surface area contributed by atoms with Crippen molar-refractivity contribution in [2.24, 2.45) is 0 Å². The number of aliphatic hydroxyl groups excluding tert-OH is 1. The molecule has 2 aromatic carbocycles. The number of hydrogen-bond donors (Lipinski definition) is 1. The fourth-order valence-corrected chi connectivity index (χ4v) is 4.42. The summed E-state index contributed by atoms with van der Waals surface area (Å²) >= 11 is 0. The highest BCUT2D eigenvalue weighted by atomic mass is 16.5. The van der Waals surface area contributed by atoms with E-state index in [0.717, 1.165) is 71.8 Å². The molecule has 1 aliphatic heterocycles. The van der Waals surface area contributed by atoms with Gasteiger partial charge in [0.2, 0.25) is 0 Å². The summed E-state index contributed by atoms with van der Waals surface area (Å²) in [4.78, 5) is 4.78. The fourth-order valence-electron chi connectivity index (χ4n) is 4.42. The van der Waals surface area contributed by atoms with Crippen molar-refractivity contribution in [2.45, 2.75) is 25.9 Å². The van der Waals surface area contributed by atoms with E-state index in [-0.39, 0.29) is 6.61 Å². The third-order valence-corrected chi connectivity index (χ3v) is 6.05. The predicted octanol–water partition coefficient (Wildman–Crippen LogP) is 3.92. The highest BCUT2D eigenvalue weighted by molar-refractivity contribution is 5.97. The molecule has 5 heteroatoms. The van der Waals surface area contributed by atoms with Gasteiger partial charge in [-0.1, -0.05) is 30.3 Å². The number of fused-ring (bicyclic) bond motifs is 1. The van der Waals surface area contributed by atoms with Crippen LogP contribution in [-0.4, -0.2) is 61.3 Å². The highest BCUT2D eigenvalue weighted by Gasteiger charge is 2.25. The number of furan rings is 1. The fraction of sp³-hybridized carbons (Fsp3) is 0.417. The van der Waals surface area contributed by atoms with Crippen molar-refractivity contribution in [2.75, 3.05) is 40.4 Å². The van der Waals surface area contributed by atoms with Crippen molar-refractivity contribution >= 4 is 11.0 Å². The molecule has 29 heavy (non-hydrogen) atoms. The summed E-state index contributed by atoms with van der Waals surface area (Å²) in [6.07, 6.45) is 0.807. The van der Waals surface area contributed by atoms with E-state index in [4.69, 9.17) is 9.15 Å². The number of aryl methyl sites for hydroxylation is 1. The summed E-state index contributed by atoms with van der Waals surface area (Å²) in [6.45, 7) is 6.03. The Bertz CT molecular complexity index is 967. The maximum absolute atomic E-state index is 9.36. The Morgan fingerprint density at radius 3 is 2.69 bits per heavy atom. The number of benzene rings is 2. The van der Waals surface area contributed by atoms with Crippen LogP contribution < -0.4 is 4.74 Å². The molecule has 1 atom stereocenters. The third kappa shape index (κ3) is 4.04. The molecule has 2 heterocycles. The molecule has 0 aliphatic carbocycles. The Labute approximate surface area is 172 Å². The summed E-state index contributed by atoms with van der Waals surface area (Å²) in [5, 5.41) is 10.4. The van der Waals surface area contributed by atoms with Crippen LogP contribution in [0.3, 0.4) is 0 Å². The van der Waals surface area contributed by atoms with Gasteiger partial charge < -0.3 is 19.2 Å². The Hall–Kier alpha value is -2.34. The molecule has 0 saturated carbocycles. The number of methoxy groups -OCH3 is 1. The Morgan fingerprint density at radius 1 is 1.17 bits per heavy atom. The standard InChI is InChI=1S/C24H30N2O3/c1-17-24(18-7-5-4-6-8-18)21-14-22(28-3)19(13-23(21)29-17)15-26-11-10-25(2)20(16-26)9-12-27/h4-8,13-14,20,27H,9-12,15-16H2,1-3H3. The van der Waals surface area contributed by atoms with E-state index in [0.29, 0.717) is 6.04 Å². The summed E-state index contributed by atoms with van der Waals surface area (Å²) in [6, 6.07) is 15.0. The third-order valence-electron chi connectivity index (χ3n) is 6.05.